The lowest BCUT2D eigenvalue weighted by atomic mass is 10.2. The van der Waals surface area contributed by atoms with Gasteiger partial charge in [-0.2, -0.15) is 0 Å². The van der Waals surface area contributed by atoms with E-state index in [9.17, 15) is 9.59 Å². The van der Waals surface area contributed by atoms with Crippen LogP contribution in [0.5, 0.6) is 0 Å². The molecule has 0 aliphatic rings. The first-order valence-corrected chi connectivity index (χ1v) is 5.70. The third-order valence-corrected chi connectivity index (χ3v) is 2.44. The molecule has 0 aromatic carbocycles. The van der Waals surface area contributed by atoms with E-state index in [0.29, 0.717) is 12.2 Å². The molecule has 18 heavy (non-hydrogen) atoms. The third kappa shape index (κ3) is 3.81. The van der Waals surface area contributed by atoms with Crippen molar-refractivity contribution in [3.05, 3.63) is 29.1 Å². The standard InChI is InChI=1S/C12H17N3O3/c1-8-9(12(17)18)4-5-10(15-8)11(16)14-7-3-6-13-2/h4-5,13H,3,6-7H2,1-2H3,(H,14,16)(H,17,18). The van der Waals surface area contributed by atoms with Gasteiger partial charge in [0.15, 0.2) is 0 Å². The molecule has 3 N–H and O–H groups in total. The number of hydrogen-bond donors (Lipinski definition) is 3. The maximum Gasteiger partial charge on any atom is 0.337 e. The molecule has 1 aromatic rings. The largest absolute Gasteiger partial charge is 0.478 e. The van der Waals surface area contributed by atoms with Gasteiger partial charge in [-0.25, -0.2) is 9.78 Å². The Labute approximate surface area is 105 Å². The van der Waals surface area contributed by atoms with E-state index < -0.39 is 5.97 Å². The van der Waals surface area contributed by atoms with Crippen molar-refractivity contribution in [2.45, 2.75) is 13.3 Å². The summed E-state index contributed by atoms with van der Waals surface area (Å²) < 4.78 is 0. The van der Waals surface area contributed by atoms with Crippen molar-refractivity contribution < 1.29 is 14.7 Å². The summed E-state index contributed by atoms with van der Waals surface area (Å²) in [5, 5.41) is 14.5. The molecule has 0 atom stereocenters. The lowest BCUT2D eigenvalue weighted by Gasteiger charge is -2.06. The maximum absolute atomic E-state index is 11.7. The average molecular weight is 251 g/mol. The van der Waals surface area contributed by atoms with Gasteiger partial charge in [0.1, 0.15) is 5.69 Å². The number of amides is 1. The molecule has 1 rings (SSSR count). The van der Waals surface area contributed by atoms with E-state index in [1.54, 1.807) is 6.92 Å². The normalized spacial score (nSPS) is 10.1. The van der Waals surface area contributed by atoms with Crippen molar-refractivity contribution in [1.29, 1.82) is 0 Å². The second-order valence-corrected chi connectivity index (χ2v) is 3.85. The number of carbonyl (C=O) groups excluding carboxylic acids is 1. The second-order valence-electron chi connectivity index (χ2n) is 3.85. The highest BCUT2D eigenvalue weighted by atomic mass is 16.4. The summed E-state index contributed by atoms with van der Waals surface area (Å²) in [5.41, 5.74) is 0.689. The van der Waals surface area contributed by atoms with Gasteiger partial charge in [0.25, 0.3) is 5.91 Å². The van der Waals surface area contributed by atoms with Crippen LogP contribution in [0, 0.1) is 6.92 Å². The molecule has 1 aromatic heterocycles. The van der Waals surface area contributed by atoms with Crippen LogP contribution >= 0.6 is 0 Å². The number of carbonyl (C=O) groups is 2. The number of hydrogen-bond acceptors (Lipinski definition) is 4. The second kappa shape index (κ2) is 6.70. The lowest BCUT2D eigenvalue weighted by Crippen LogP contribution is -2.27. The molecule has 0 fully saturated rings. The fraction of sp³-hybridized carbons (Fsp3) is 0.417. The quantitative estimate of drug-likeness (QED) is 0.638. The summed E-state index contributed by atoms with van der Waals surface area (Å²) in [7, 11) is 1.84. The number of aromatic nitrogens is 1. The molecule has 0 saturated carbocycles. The number of nitrogens with zero attached hydrogens (tertiary/aromatic N) is 1. The van der Waals surface area contributed by atoms with E-state index in [1.165, 1.54) is 12.1 Å². The highest BCUT2D eigenvalue weighted by Crippen LogP contribution is 2.06. The van der Waals surface area contributed by atoms with E-state index in [4.69, 9.17) is 5.11 Å². The van der Waals surface area contributed by atoms with E-state index in [-0.39, 0.29) is 17.2 Å². The van der Waals surface area contributed by atoms with Gasteiger partial charge >= 0.3 is 5.97 Å². The van der Waals surface area contributed by atoms with Gasteiger partial charge in [-0.3, -0.25) is 4.79 Å². The van der Waals surface area contributed by atoms with Gasteiger partial charge in [0.2, 0.25) is 0 Å². The van der Waals surface area contributed by atoms with Gasteiger partial charge in [0, 0.05) is 6.54 Å². The van der Waals surface area contributed by atoms with Gasteiger partial charge in [0.05, 0.1) is 11.3 Å². The molecule has 1 amide bonds. The Bertz CT molecular complexity index is 446. The van der Waals surface area contributed by atoms with Gasteiger partial charge in [-0.1, -0.05) is 0 Å². The molecular formula is C12H17N3O3. The SMILES string of the molecule is CNCCCNC(=O)c1ccc(C(=O)O)c(C)n1. The van der Waals surface area contributed by atoms with Crippen LogP contribution < -0.4 is 10.6 Å². The minimum Gasteiger partial charge on any atom is -0.478 e. The van der Waals surface area contributed by atoms with Crippen molar-refractivity contribution in [1.82, 2.24) is 15.6 Å². The van der Waals surface area contributed by atoms with Crippen LogP contribution in [0.2, 0.25) is 0 Å². The number of carboxylic acids is 1. The Morgan fingerprint density at radius 1 is 1.33 bits per heavy atom. The first-order chi connectivity index (χ1) is 8.56. The number of aryl methyl sites for hydroxylation is 1. The maximum atomic E-state index is 11.7. The van der Waals surface area contributed by atoms with Crippen LogP contribution in [0.25, 0.3) is 0 Å². The Morgan fingerprint density at radius 2 is 2.06 bits per heavy atom. The molecule has 1 heterocycles. The summed E-state index contributed by atoms with van der Waals surface area (Å²) in [6.45, 7) is 2.95. The topological polar surface area (TPSA) is 91.3 Å². The summed E-state index contributed by atoms with van der Waals surface area (Å²) >= 11 is 0. The highest BCUT2D eigenvalue weighted by molar-refractivity contribution is 5.94. The molecule has 0 bridgehead atoms. The van der Waals surface area contributed by atoms with E-state index in [2.05, 4.69) is 15.6 Å². The molecule has 98 valence electrons. The fourth-order valence-electron chi connectivity index (χ4n) is 1.47. The predicted molar refractivity (Wildman–Crippen MR) is 66.8 cm³/mol. The smallest absolute Gasteiger partial charge is 0.337 e. The van der Waals surface area contributed by atoms with Crippen LogP contribution in [0.1, 0.15) is 33.0 Å². The summed E-state index contributed by atoms with van der Waals surface area (Å²) in [6.07, 6.45) is 0.828. The third-order valence-electron chi connectivity index (χ3n) is 2.44. The zero-order chi connectivity index (χ0) is 13.5. The van der Waals surface area contributed by atoms with Crippen molar-refractivity contribution in [2.24, 2.45) is 0 Å². The number of nitrogens with one attached hydrogen (secondary N) is 2. The number of aromatic carboxylic acids is 1. The Morgan fingerprint density at radius 3 is 2.61 bits per heavy atom. The van der Waals surface area contributed by atoms with Gasteiger partial charge in [-0.05, 0) is 39.1 Å². The van der Waals surface area contributed by atoms with Crippen LogP contribution in [-0.4, -0.2) is 42.1 Å². The molecule has 0 aliphatic carbocycles. The Balaban J connectivity index is 2.64. The van der Waals surface area contributed by atoms with Crippen molar-refractivity contribution in [3.8, 4) is 0 Å². The monoisotopic (exact) mass is 251 g/mol. The zero-order valence-corrected chi connectivity index (χ0v) is 10.5. The summed E-state index contributed by atoms with van der Waals surface area (Å²) in [5.74, 6) is -1.33. The Kier molecular flexibility index (Phi) is 5.26. The van der Waals surface area contributed by atoms with Crippen LogP contribution in [0.4, 0.5) is 0 Å². The van der Waals surface area contributed by atoms with Gasteiger partial charge < -0.3 is 15.7 Å². The van der Waals surface area contributed by atoms with Crippen molar-refractivity contribution in [3.63, 3.8) is 0 Å². The minimum absolute atomic E-state index is 0.113. The van der Waals surface area contributed by atoms with E-state index >= 15 is 0 Å². The van der Waals surface area contributed by atoms with E-state index in [0.717, 1.165) is 13.0 Å². The highest BCUT2D eigenvalue weighted by Gasteiger charge is 2.12. The molecule has 0 aliphatic heterocycles. The lowest BCUT2D eigenvalue weighted by molar-refractivity contribution is 0.0694. The molecular weight excluding hydrogens is 234 g/mol. The van der Waals surface area contributed by atoms with E-state index in [1.807, 2.05) is 7.05 Å². The van der Waals surface area contributed by atoms with Gasteiger partial charge in [-0.15, -0.1) is 0 Å². The molecule has 6 heteroatoms. The minimum atomic E-state index is -1.04. The van der Waals surface area contributed by atoms with Crippen LogP contribution in [0.15, 0.2) is 12.1 Å². The summed E-state index contributed by atoms with van der Waals surface area (Å²) in [4.78, 5) is 26.5. The molecule has 0 unspecified atom stereocenters. The molecule has 0 spiro atoms. The molecule has 6 nitrogen and oxygen atoms in total. The van der Waals surface area contributed by atoms with Crippen molar-refractivity contribution >= 4 is 11.9 Å². The fourth-order valence-corrected chi connectivity index (χ4v) is 1.47. The molecule has 0 saturated heterocycles. The number of carboxylic acid groups (broad SMARTS) is 1. The number of rotatable bonds is 6. The van der Waals surface area contributed by atoms with Crippen LogP contribution in [-0.2, 0) is 0 Å². The van der Waals surface area contributed by atoms with Crippen molar-refractivity contribution in [2.75, 3.05) is 20.1 Å². The average Bonchev–Trinajstić information content (AvgIpc) is 2.33. The van der Waals surface area contributed by atoms with Crippen LogP contribution in [0.3, 0.4) is 0 Å². The first-order valence-electron chi connectivity index (χ1n) is 5.70. The zero-order valence-electron chi connectivity index (χ0n) is 10.5. The number of pyridine rings is 1. The molecule has 0 radical (unpaired) electrons. The summed E-state index contributed by atoms with van der Waals surface area (Å²) in [6, 6.07) is 2.82. The Hall–Kier alpha value is -1.95. The predicted octanol–water partition coefficient (Wildman–Crippen LogP) is 0.428. The first kappa shape index (κ1) is 14.1.